The van der Waals surface area contributed by atoms with Crippen LogP contribution in [0.4, 0.5) is 10.7 Å². The molecule has 2 heterocycles. The number of nitrogens with zero attached hydrogens (tertiary/aromatic N) is 1. The normalized spacial score (nSPS) is 19.6. The Balaban J connectivity index is 2.13. The Morgan fingerprint density at radius 3 is 2.89 bits per heavy atom. The first-order valence-electron chi connectivity index (χ1n) is 6.25. The summed E-state index contributed by atoms with van der Waals surface area (Å²) in [4.78, 5) is 14.4. The predicted octanol–water partition coefficient (Wildman–Crippen LogP) is 2.60. The molecule has 0 bridgehead atoms. The van der Waals surface area contributed by atoms with Crippen molar-refractivity contribution >= 4 is 28.0 Å². The molecule has 4 nitrogen and oxygen atoms in total. The maximum Gasteiger partial charge on any atom is 0.350 e. The second kappa shape index (κ2) is 5.18. The zero-order chi connectivity index (χ0) is 13.3. The minimum atomic E-state index is -0.344. The molecule has 1 fully saturated rings. The Morgan fingerprint density at radius 2 is 2.33 bits per heavy atom. The summed E-state index contributed by atoms with van der Waals surface area (Å²) in [6.45, 7) is 6.62. The first-order valence-corrected chi connectivity index (χ1v) is 7.07. The van der Waals surface area contributed by atoms with E-state index in [-0.39, 0.29) is 5.97 Å². The van der Waals surface area contributed by atoms with E-state index in [1.807, 2.05) is 6.07 Å². The molecule has 2 N–H and O–H groups in total. The van der Waals surface area contributed by atoms with Gasteiger partial charge in [-0.1, -0.05) is 13.8 Å². The number of ether oxygens (including phenoxy) is 1. The third-order valence-corrected chi connectivity index (χ3v) is 4.79. The van der Waals surface area contributed by atoms with E-state index in [1.54, 1.807) is 0 Å². The molecule has 1 aliphatic heterocycles. The average Bonchev–Trinajstić information content (AvgIpc) is 2.94. The molecule has 1 atom stereocenters. The number of carbonyl (C=O) groups excluding carboxylic acids is 1. The Labute approximate surface area is 112 Å². The number of thiophene rings is 1. The van der Waals surface area contributed by atoms with Crippen molar-refractivity contribution in [3.8, 4) is 0 Å². The number of hydrogen-bond donors (Lipinski definition) is 1. The van der Waals surface area contributed by atoms with Gasteiger partial charge in [0.15, 0.2) is 0 Å². The van der Waals surface area contributed by atoms with E-state index < -0.39 is 0 Å². The van der Waals surface area contributed by atoms with E-state index in [1.165, 1.54) is 24.9 Å². The van der Waals surface area contributed by atoms with Crippen LogP contribution in [0.1, 0.15) is 29.9 Å². The second-order valence-electron chi connectivity index (χ2n) is 5.10. The van der Waals surface area contributed by atoms with Crippen LogP contribution in [0.5, 0.6) is 0 Å². The molecule has 5 heteroatoms. The van der Waals surface area contributed by atoms with Gasteiger partial charge in [0.2, 0.25) is 0 Å². The fraction of sp³-hybridized carbons (Fsp3) is 0.615. The maximum absolute atomic E-state index is 11.5. The summed E-state index contributed by atoms with van der Waals surface area (Å²) in [5.41, 5.74) is 6.39. The van der Waals surface area contributed by atoms with Crippen LogP contribution < -0.4 is 10.6 Å². The minimum Gasteiger partial charge on any atom is -0.465 e. The summed E-state index contributed by atoms with van der Waals surface area (Å²) in [6, 6.07) is 1.89. The lowest BCUT2D eigenvalue weighted by atomic mass is 9.95. The van der Waals surface area contributed by atoms with E-state index in [4.69, 9.17) is 10.5 Å². The SMILES string of the molecule is COC(=O)c1sc(N2CCC(C(C)C)C2)cc1N. The third kappa shape index (κ3) is 2.46. The van der Waals surface area contributed by atoms with Crippen molar-refractivity contribution in [1.82, 2.24) is 0 Å². The number of nitrogens with two attached hydrogens (primary N) is 1. The molecule has 1 aromatic heterocycles. The zero-order valence-corrected chi connectivity index (χ0v) is 11.9. The predicted molar refractivity (Wildman–Crippen MR) is 75.2 cm³/mol. The number of hydrogen-bond acceptors (Lipinski definition) is 5. The largest absolute Gasteiger partial charge is 0.465 e. The molecule has 0 spiro atoms. The Bertz CT molecular complexity index is 442. The van der Waals surface area contributed by atoms with E-state index >= 15 is 0 Å². The van der Waals surface area contributed by atoms with Crippen molar-refractivity contribution < 1.29 is 9.53 Å². The van der Waals surface area contributed by atoms with Gasteiger partial charge in [0.05, 0.1) is 17.8 Å². The van der Waals surface area contributed by atoms with Gasteiger partial charge < -0.3 is 15.4 Å². The van der Waals surface area contributed by atoms with Crippen LogP contribution in [0, 0.1) is 11.8 Å². The van der Waals surface area contributed by atoms with Crippen molar-refractivity contribution in [2.24, 2.45) is 11.8 Å². The number of rotatable bonds is 3. The summed E-state index contributed by atoms with van der Waals surface area (Å²) in [5, 5.41) is 1.08. The fourth-order valence-electron chi connectivity index (χ4n) is 2.33. The van der Waals surface area contributed by atoms with Crippen LogP contribution in [0.15, 0.2) is 6.07 Å². The lowest BCUT2D eigenvalue weighted by molar-refractivity contribution is 0.0607. The van der Waals surface area contributed by atoms with E-state index in [0.29, 0.717) is 16.5 Å². The van der Waals surface area contributed by atoms with Crippen molar-refractivity contribution in [3.63, 3.8) is 0 Å². The summed E-state index contributed by atoms with van der Waals surface area (Å²) < 4.78 is 4.73. The highest BCUT2D eigenvalue weighted by Gasteiger charge is 2.27. The topological polar surface area (TPSA) is 55.6 Å². The number of methoxy groups -OCH3 is 1. The van der Waals surface area contributed by atoms with Crippen LogP contribution in [0.2, 0.25) is 0 Å². The van der Waals surface area contributed by atoms with Crippen molar-refractivity contribution in [3.05, 3.63) is 10.9 Å². The van der Waals surface area contributed by atoms with Gasteiger partial charge in [-0.15, -0.1) is 11.3 Å². The van der Waals surface area contributed by atoms with Gasteiger partial charge >= 0.3 is 5.97 Å². The molecule has 18 heavy (non-hydrogen) atoms. The van der Waals surface area contributed by atoms with Crippen LogP contribution in [0.3, 0.4) is 0 Å². The second-order valence-corrected chi connectivity index (χ2v) is 6.13. The van der Waals surface area contributed by atoms with Crippen LogP contribution in [0.25, 0.3) is 0 Å². The molecule has 100 valence electrons. The van der Waals surface area contributed by atoms with Crippen molar-refractivity contribution in [1.29, 1.82) is 0 Å². The molecular weight excluding hydrogens is 248 g/mol. The molecule has 0 amide bonds. The fourth-order valence-corrected chi connectivity index (χ4v) is 3.36. The molecule has 2 rings (SSSR count). The molecule has 1 unspecified atom stereocenters. The van der Waals surface area contributed by atoms with Crippen LogP contribution >= 0.6 is 11.3 Å². The van der Waals surface area contributed by atoms with Crippen molar-refractivity contribution in [2.75, 3.05) is 30.8 Å². The van der Waals surface area contributed by atoms with Gasteiger partial charge in [0.1, 0.15) is 4.88 Å². The highest BCUT2D eigenvalue weighted by atomic mass is 32.1. The molecule has 1 saturated heterocycles. The first kappa shape index (κ1) is 13.2. The maximum atomic E-state index is 11.5. The highest BCUT2D eigenvalue weighted by molar-refractivity contribution is 7.18. The molecule has 0 radical (unpaired) electrons. The van der Waals surface area contributed by atoms with Gasteiger partial charge in [0.25, 0.3) is 0 Å². The number of anilines is 2. The van der Waals surface area contributed by atoms with E-state index in [2.05, 4.69) is 18.7 Å². The summed E-state index contributed by atoms with van der Waals surface area (Å²) in [6.07, 6.45) is 1.21. The number of nitrogen functional groups attached to an aromatic ring is 1. The molecular formula is C13H20N2O2S. The smallest absolute Gasteiger partial charge is 0.350 e. The van der Waals surface area contributed by atoms with E-state index in [9.17, 15) is 4.79 Å². The Hall–Kier alpha value is -1.23. The number of esters is 1. The average molecular weight is 268 g/mol. The quantitative estimate of drug-likeness (QED) is 0.856. The summed E-state index contributed by atoms with van der Waals surface area (Å²) in [5.74, 6) is 1.09. The first-order chi connectivity index (χ1) is 8.52. The van der Waals surface area contributed by atoms with Gasteiger partial charge in [-0.3, -0.25) is 0 Å². The molecule has 1 aromatic rings. The standard InChI is InChI=1S/C13H20N2O2S/c1-8(2)9-4-5-15(7-9)11-6-10(14)12(18-11)13(16)17-3/h6,8-9H,4-5,7,14H2,1-3H3. The Kier molecular flexibility index (Phi) is 3.80. The molecule has 0 saturated carbocycles. The lowest BCUT2D eigenvalue weighted by Crippen LogP contribution is -2.20. The summed E-state index contributed by atoms with van der Waals surface area (Å²) in [7, 11) is 1.38. The Morgan fingerprint density at radius 1 is 1.61 bits per heavy atom. The van der Waals surface area contributed by atoms with Crippen LogP contribution in [-0.2, 0) is 4.74 Å². The van der Waals surface area contributed by atoms with Crippen molar-refractivity contribution in [2.45, 2.75) is 20.3 Å². The van der Waals surface area contributed by atoms with Gasteiger partial charge in [-0.25, -0.2) is 4.79 Å². The van der Waals surface area contributed by atoms with Gasteiger partial charge in [0, 0.05) is 13.1 Å². The molecule has 1 aliphatic rings. The minimum absolute atomic E-state index is 0.344. The van der Waals surface area contributed by atoms with Gasteiger partial charge in [-0.2, -0.15) is 0 Å². The lowest BCUT2D eigenvalue weighted by Gasteiger charge is -2.17. The monoisotopic (exact) mass is 268 g/mol. The van der Waals surface area contributed by atoms with E-state index in [0.717, 1.165) is 24.0 Å². The van der Waals surface area contributed by atoms with Gasteiger partial charge in [-0.05, 0) is 24.3 Å². The summed E-state index contributed by atoms with van der Waals surface area (Å²) >= 11 is 1.43. The molecule has 0 aromatic carbocycles. The highest BCUT2D eigenvalue weighted by Crippen LogP contribution is 2.36. The number of carbonyl (C=O) groups is 1. The van der Waals surface area contributed by atoms with Crippen LogP contribution in [-0.4, -0.2) is 26.2 Å². The zero-order valence-electron chi connectivity index (χ0n) is 11.1. The third-order valence-electron chi connectivity index (χ3n) is 3.60. The molecule has 0 aliphatic carbocycles.